The Hall–Kier alpha value is -1.64. The summed E-state index contributed by atoms with van der Waals surface area (Å²) in [6.07, 6.45) is 1.70. The number of fused-ring (bicyclic) bond motifs is 1. The van der Waals surface area contributed by atoms with Gasteiger partial charge in [-0.05, 0) is 12.1 Å². The molecule has 0 fully saturated rings. The summed E-state index contributed by atoms with van der Waals surface area (Å²) in [4.78, 5) is 16.9. The van der Waals surface area contributed by atoms with E-state index in [1.807, 2.05) is 24.3 Å². The average molecular weight is 145 g/mol. The second-order valence-corrected chi connectivity index (χ2v) is 2.20. The van der Waals surface area contributed by atoms with Crippen molar-refractivity contribution < 1.29 is 4.79 Å². The third-order valence-electron chi connectivity index (χ3n) is 1.49. The summed E-state index contributed by atoms with van der Waals surface area (Å²) in [5.41, 5.74) is 1.66. The number of aromatic nitrogens is 2. The van der Waals surface area contributed by atoms with Gasteiger partial charge < -0.3 is 4.98 Å². The van der Waals surface area contributed by atoms with Crippen molar-refractivity contribution in [3.63, 3.8) is 0 Å². The zero-order chi connectivity index (χ0) is 7.68. The fourth-order valence-electron chi connectivity index (χ4n) is 1.00. The van der Waals surface area contributed by atoms with E-state index in [4.69, 9.17) is 0 Å². The normalized spacial score (nSPS) is 10.2. The standard InChI is InChI=1S/C8H5N2O/c11-5-8-9-6-3-1-2-4-7(6)10-8/h1-4H,(H,9,10). The maximum Gasteiger partial charge on any atom is 0.271 e. The number of benzene rings is 1. The molecule has 1 aromatic carbocycles. The van der Waals surface area contributed by atoms with Crippen LogP contribution in [-0.2, 0) is 4.79 Å². The first-order valence-corrected chi connectivity index (χ1v) is 3.23. The Kier molecular flexibility index (Phi) is 1.22. The molecule has 0 saturated carbocycles. The third-order valence-corrected chi connectivity index (χ3v) is 1.49. The van der Waals surface area contributed by atoms with Crippen molar-refractivity contribution in [2.75, 3.05) is 0 Å². The number of rotatable bonds is 1. The van der Waals surface area contributed by atoms with Gasteiger partial charge in [0.15, 0.2) is 5.82 Å². The Morgan fingerprint density at radius 2 is 2.18 bits per heavy atom. The molecule has 0 amide bonds. The van der Waals surface area contributed by atoms with Crippen molar-refractivity contribution in [1.82, 2.24) is 9.97 Å². The number of H-pyrrole nitrogens is 1. The van der Waals surface area contributed by atoms with Crippen molar-refractivity contribution in [2.45, 2.75) is 0 Å². The van der Waals surface area contributed by atoms with E-state index in [9.17, 15) is 4.79 Å². The maximum atomic E-state index is 10.2. The minimum Gasteiger partial charge on any atom is -0.335 e. The number of hydrogen-bond donors (Lipinski definition) is 1. The Morgan fingerprint density at radius 1 is 1.36 bits per heavy atom. The number of nitrogens with one attached hydrogen (secondary N) is 1. The Bertz CT molecular complexity index is 359. The van der Waals surface area contributed by atoms with Crippen molar-refractivity contribution in [2.24, 2.45) is 0 Å². The van der Waals surface area contributed by atoms with E-state index >= 15 is 0 Å². The van der Waals surface area contributed by atoms with E-state index < -0.39 is 0 Å². The molecule has 0 aliphatic carbocycles. The highest BCUT2D eigenvalue weighted by atomic mass is 16.1. The average Bonchev–Trinajstić information content (AvgIpc) is 2.46. The summed E-state index contributed by atoms with van der Waals surface area (Å²) in [5, 5.41) is 0. The van der Waals surface area contributed by atoms with E-state index in [2.05, 4.69) is 9.97 Å². The largest absolute Gasteiger partial charge is 0.335 e. The monoisotopic (exact) mass is 145 g/mol. The van der Waals surface area contributed by atoms with Gasteiger partial charge in [0.25, 0.3) is 6.29 Å². The number of hydrogen-bond acceptors (Lipinski definition) is 2. The number of carbonyl (C=O) groups excluding carboxylic acids is 1. The molecule has 1 radical (unpaired) electrons. The Balaban J connectivity index is 2.78. The van der Waals surface area contributed by atoms with Gasteiger partial charge in [0.05, 0.1) is 11.0 Å². The molecular formula is C8H5N2O. The van der Waals surface area contributed by atoms with Crippen molar-refractivity contribution in [1.29, 1.82) is 0 Å². The predicted molar refractivity (Wildman–Crippen MR) is 40.9 cm³/mol. The molecule has 0 spiro atoms. The lowest BCUT2D eigenvalue weighted by Gasteiger charge is -1.81. The Labute approximate surface area is 63.1 Å². The minimum atomic E-state index is 0.256. The summed E-state index contributed by atoms with van der Waals surface area (Å²) < 4.78 is 0. The minimum absolute atomic E-state index is 0.256. The molecule has 53 valence electrons. The fourth-order valence-corrected chi connectivity index (χ4v) is 1.00. The number of aromatic amines is 1. The van der Waals surface area contributed by atoms with Crippen LogP contribution >= 0.6 is 0 Å². The summed E-state index contributed by atoms with van der Waals surface area (Å²) >= 11 is 0. The van der Waals surface area contributed by atoms with Crippen molar-refractivity contribution >= 4 is 17.3 Å². The smallest absolute Gasteiger partial charge is 0.271 e. The van der Waals surface area contributed by atoms with Crippen LogP contribution in [0.1, 0.15) is 5.82 Å². The number of imidazole rings is 1. The summed E-state index contributed by atoms with van der Waals surface area (Å²) in [6.45, 7) is 0. The van der Waals surface area contributed by atoms with Gasteiger partial charge in [-0.3, -0.25) is 4.79 Å². The lowest BCUT2D eigenvalue weighted by Crippen LogP contribution is -1.79. The van der Waals surface area contributed by atoms with E-state index in [1.165, 1.54) is 0 Å². The van der Waals surface area contributed by atoms with Gasteiger partial charge in [0.1, 0.15) is 0 Å². The van der Waals surface area contributed by atoms with Gasteiger partial charge in [0, 0.05) is 0 Å². The van der Waals surface area contributed by atoms with Crippen LogP contribution in [0.5, 0.6) is 0 Å². The van der Waals surface area contributed by atoms with E-state index in [-0.39, 0.29) is 5.82 Å². The third kappa shape index (κ3) is 0.902. The predicted octanol–water partition coefficient (Wildman–Crippen LogP) is 1.02. The van der Waals surface area contributed by atoms with Gasteiger partial charge in [-0.1, -0.05) is 12.1 Å². The summed E-state index contributed by atoms with van der Waals surface area (Å²) in [7, 11) is 0. The zero-order valence-electron chi connectivity index (χ0n) is 5.66. The second-order valence-electron chi connectivity index (χ2n) is 2.20. The first-order valence-electron chi connectivity index (χ1n) is 3.23. The van der Waals surface area contributed by atoms with Gasteiger partial charge in [0.2, 0.25) is 0 Å². The van der Waals surface area contributed by atoms with Crippen LogP contribution in [0.15, 0.2) is 24.3 Å². The number of nitrogens with zero attached hydrogens (tertiary/aromatic N) is 1. The molecule has 0 saturated heterocycles. The highest BCUT2D eigenvalue weighted by Gasteiger charge is 1.98. The van der Waals surface area contributed by atoms with Crippen LogP contribution < -0.4 is 0 Å². The van der Waals surface area contributed by atoms with E-state index in [0.29, 0.717) is 0 Å². The van der Waals surface area contributed by atoms with E-state index in [1.54, 1.807) is 6.29 Å². The van der Waals surface area contributed by atoms with Gasteiger partial charge in [-0.15, -0.1) is 0 Å². The SMILES string of the molecule is O=[C]c1nc2ccccc2[nH]1. The molecular weight excluding hydrogens is 140 g/mol. The summed E-state index contributed by atoms with van der Waals surface area (Å²) in [5.74, 6) is 0.256. The van der Waals surface area contributed by atoms with Crippen LogP contribution in [0.2, 0.25) is 0 Å². The molecule has 0 bridgehead atoms. The lowest BCUT2D eigenvalue weighted by molar-refractivity contribution is 0.560. The molecule has 0 unspecified atom stereocenters. The second kappa shape index (κ2) is 2.20. The van der Waals surface area contributed by atoms with Crippen LogP contribution in [0, 0.1) is 0 Å². The van der Waals surface area contributed by atoms with Crippen LogP contribution in [-0.4, -0.2) is 16.3 Å². The Morgan fingerprint density at radius 3 is 2.91 bits per heavy atom. The van der Waals surface area contributed by atoms with Crippen LogP contribution in [0.25, 0.3) is 11.0 Å². The van der Waals surface area contributed by atoms with Gasteiger partial charge in [-0.25, -0.2) is 4.98 Å². The first kappa shape index (κ1) is 6.09. The van der Waals surface area contributed by atoms with Gasteiger partial charge >= 0.3 is 0 Å². The maximum absolute atomic E-state index is 10.2. The zero-order valence-corrected chi connectivity index (χ0v) is 5.66. The van der Waals surface area contributed by atoms with Crippen molar-refractivity contribution in [3.8, 4) is 0 Å². The highest BCUT2D eigenvalue weighted by molar-refractivity contribution is 5.81. The fraction of sp³-hybridized carbons (Fsp3) is 0. The van der Waals surface area contributed by atoms with Crippen molar-refractivity contribution in [3.05, 3.63) is 30.1 Å². The molecule has 2 aromatic rings. The van der Waals surface area contributed by atoms with Crippen LogP contribution in [0.4, 0.5) is 0 Å². The molecule has 1 heterocycles. The summed E-state index contributed by atoms with van der Waals surface area (Å²) in [6, 6.07) is 7.46. The number of para-hydroxylation sites is 2. The van der Waals surface area contributed by atoms with Crippen LogP contribution in [0.3, 0.4) is 0 Å². The molecule has 1 aromatic heterocycles. The lowest BCUT2D eigenvalue weighted by atomic mass is 10.3. The quantitative estimate of drug-likeness (QED) is 0.651. The topological polar surface area (TPSA) is 45.8 Å². The molecule has 3 heteroatoms. The molecule has 2 rings (SSSR count). The molecule has 0 aliphatic rings. The molecule has 1 N–H and O–H groups in total. The van der Waals surface area contributed by atoms with E-state index in [0.717, 1.165) is 11.0 Å². The highest BCUT2D eigenvalue weighted by Crippen LogP contribution is 2.08. The molecule has 0 aliphatic heterocycles. The molecule has 0 atom stereocenters. The molecule has 3 nitrogen and oxygen atoms in total. The first-order chi connectivity index (χ1) is 5.40. The molecule has 11 heavy (non-hydrogen) atoms. The van der Waals surface area contributed by atoms with Gasteiger partial charge in [-0.2, -0.15) is 0 Å².